The molecule has 4 nitrogen and oxygen atoms in total. The Hall–Kier alpha value is -1.43. The van der Waals surface area contributed by atoms with Crippen LogP contribution >= 0.6 is 23.7 Å². The molecule has 0 spiro atoms. The lowest BCUT2D eigenvalue weighted by molar-refractivity contribution is 0.0689. The molecule has 1 aromatic heterocycles. The first-order chi connectivity index (χ1) is 9.74. The van der Waals surface area contributed by atoms with Crippen molar-refractivity contribution in [2.75, 3.05) is 13.1 Å². The number of nitrogens with zero attached hydrogens (tertiary/aromatic N) is 2. The lowest BCUT2D eigenvalue weighted by atomic mass is 10.2. The summed E-state index contributed by atoms with van der Waals surface area (Å²) >= 11 is 1.49. The van der Waals surface area contributed by atoms with Crippen LogP contribution in [0, 0.1) is 0 Å². The molecule has 0 atom stereocenters. The van der Waals surface area contributed by atoms with E-state index in [9.17, 15) is 9.90 Å². The largest absolute Gasteiger partial charge is 0.476 e. The Kier molecular flexibility index (Phi) is 5.33. The number of hydrogen-bond donors (Lipinski definition) is 1. The molecule has 0 aliphatic carbocycles. The maximum atomic E-state index is 11.4. The number of aromatic nitrogens is 1. The van der Waals surface area contributed by atoms with Crippen LogP contribution in [0.4, 0.5) is 0 Å². The second kappa shape index (κ2) is 7.02. The van der Waals surface area contributed by atoms with Crippen molar-refractivity contribution >= 4 is 29.7 Å². The van der Waals surface area contributed by atoms with E-state index in [-0.39, 0.29) is 18.1 Å². The van der Waals surface area contributed by atoms with E-state index in [1.54, 1.807) is 0 Å². The number of carboxylic acids is 1. The normalized spacial score (nSPS) is 14.9. The Labute approximate surface area is 133 Å². The Bertz CT molecular complexity index is 609. The fraction of sp³-hybridized carbons (Fsp3) is 0.333. The standard InChI is InChI=1S/C15H16N2O2S.ClH/c18-15(19)13-12(10-17-8-4-5-9-17)20-14(16-13)11-6-2-1-3-7-11;/h1-3,6-7H,4-5,8-10H2,(H,18,19);1H. The molecule has 1 aromatic carbocycles. The second-order valence-corrected chi connectivity index (χ2v) is 6.03. The lowest BCUT2D eigenvalue weighted by Gasteiger charge is -2.12. The van der Waals surface area contributed by atoms with Crippen molar-refractivity contribution in [1.82, 2.24) is 9.88 Å². The van der Waals surface area contributed by atoms with Gasteiger partial charge in [0.1, 0.15) is 5.01 Å². The predicted molar refractivity (Wildman–Crippen MR) is 86.3 cm³/mol. The monoisotopic (exact) mass is 324 g/mol. The molecule has 0 unspecified atom stereocenters. The van der Waals surface area contributed by atoms with E-state index in [2.05, 4.69) is 9.88 Å². The fourth-order valence-corrected chi connectivity index (χ4v) is 3.58. The van der Waals surface area contributed by atoms with E-state index in [1.165, 1.54) is 24.2 Å². The SMILES string of the molecule is Cl.O=C(O)c1nc(-c2ccccc2)sc1CN1CCCC1. The minimum Gasteiger partial charge on any atom is -0.476 e. The first-order valence-electron chi connectivity index (χ1n) is 6.75. The molecule has 21 heavy (non-hydrogen) atoms. The first-order valence-corrected chi connectivity index (χ1v) is 7.56. The van der Waals surface area contributed by atoms with Crippen molar-refractivity contribution in [2.45, 2.75) is 19.4 Å². The minimum atomic E-state index is -0.933. The zero-order valence-corrected chi connectivity index (χ0v) is 13.1. The molecule has 2 heterocycles. The van der Waals surface area contributed by atoms with Gasteiger partial charge in [0.05, 0.1) is 4.88 Å². The smallest absolute Gasteiger partial charge is 0.355 e. The number of aromatic carboxylic acids is 1. The lowest BCUT2D eigenvalue weighted by Crippen LogP contribution is -2.19. The molecule has 0 bridgehead atoms. The topological polar surface area (TPSA) is 53.4 Å². The molecule has 1 aliphatic heterocycles. The third-order valence-corrected chi connectivity index (χ3v) is 4.58. The summed E-state index contributed by atoms with van der Waals surface area (Å²) in [5.41, 5.74) is 1.19. The highest BCUT2D eigenvalue weighted by Gasteiger charge is 2.21. The van der Waals surface area contributed by atoms with Gasteiger partial charge in [-0.25, -0.2) is 9.78 Å². The number of halogens is 1. The van der Waals surface area contributed by atoms with Gasteiger partial charge in [-0.2, -0.15) is 0 Å². The Morgan fingerprint density at radius 3 is 2.52 bits per heavy atom. The summed E-state index contributed by atoms with van der Waals surface area (Å²) < 4.78 is 0. The van der Waals surface area contributed by atoms with Gasteiger partial charge < -0.3 is 5.11 Å². The molecular formula is C15H17ClN2O2S. The summed E-state index contributed by atoms with van der Waals surface area (Å²) in [5, 5.41) is 10.1. The van der Waals surface area contributed by atoms with Gasteiger partial charge in [0, 0.05) is 12.1 Å². The van der Waals surface area contributed by atoms with Gasteiger partial charge in [-0.15, -0.1) is 23.7 Å². The van der Waals surface area contributed by atoms with Crippen LogP contribution in [0.1, 0.15) is 28.2 Å². The molecule has 0 saturated carbocycles. The van der Waals surface area contributed by atoms with E-state index in [4.69, 9.17) is 0 Å². The quantitative estimate of drug-likeness (QED) is 0.934. The van der Waals surface area contributed by atoms with Gasteiger partial charge >= 0.3 is 5.97 Å². The molecule has 0 radical (unpaired) electrons. The van der Waals surface area contributed by atoms with Crippen molar-refractivity contribution in [1.29, 1.82) is 0 Å². The number of carboxylic acid groups (broad SMARTS) is 1. The molecule has 1 N–H and O–H groups in total. The number of hydrogen-bond acceptors (Lipinski definition) is 4. The van der Waals surface area contributed by atoms with Gasteiger partial charge in [0.15, 0.2) is 5.69 Å². The average molecular weight is 325 g/mol. The van der Waals surface area contributed by atoms with Gasteiger partial charge in [-0.3, -0.25) is 4.90 Å². The number of carbonyl (C=O) groups is 1. The first kappa shape index (κ1) is 15.9. The van der Waals surface area contributed by atoms with Crippen LogP contribution in [-0.4, -0.2) is 34.0 Å². The zero-order valence-electron chi connectivity index (χ0n) is 11.5. The fourth-order valence-electron chi connectivity index (χ4n) is 2.47. The maximum Gasteiger partial charge on any atom is 0.355 e. The molecule has 112 valence electrons. The Morgan fingerprint density at radius 1 is 1.24 bits per heavy atom. The summed E-state index contributed by atoms with van der Waals surface area (Å²) in [5.74, 6) is -0.933. The minimum absolute atomic E-state index is 0. The van der Waals surface area contributed by atoms with Gasteiger partial charge in [0.2, 0.25) is 0 Å². The van der Waals surface area contributed by atoms with Crippen LogP contribution in [0.2, 0.25) is 0 Å². The summed E-state index contributed by atoms with van der Waals surface area (Å²) in [7, 11) is 0. The highest BCUT2D eigenvalue weighted by atomic mass is 35.5. The van der Waals surface area contributed by atoms with Gasteiger partial charge in [-0.05, 0) is 25.9 Å². The van der Waals surface area contributed by atoms with Crippen LogP contribution in [0.3, 0.4) is 0 Å². The van der Waals surface area contributed by atoms with Crippen molar-refractivity contribution in [3.05, 3.63) is 40.9 Å². The van der Waals surface area contributed by atoms with Crippen LogP contribution in [-0.2, 0) is 6.54 Å². The number of thiazole rings is 1. The van der Waals surface area contributed by atoms with Crippen molar-refractivity contribution in [3.63, 3.8) is 0 Å². The zero-order chi connectivity index (χ0) is 13.9. The summed E-state index contributed by atoms with van der Waals surface area (Å²) in [6, 6.07) is 9.75. The maximum absolute atomic E-state index is 11.4. The molecule has 1 aliphatic rings. The molecule has 2 aromatic rings. The van der Waals surface area contributed by atoms with Crippen LogP contribution in [0.25, 0.3) is 10.6 Å². The second-order valence-electron chi connectivity index (χ2n) is 4.95. The third kappa shape index (κ3) is 3.61. The highest BCUT2D eigenvalue weighted by Crippen LogP contribution is 2.29. The molecule has 1 fully saturated rings. The molecular weight excluding hydrogens is 308 g/mol. The molecule has 0 amide bonds. The van der Waals surface area contributed by atoms with E-state index >= 15 is 0 Å². The average Bonchev–Trinajstić information content (AvgIpc) is 3.10. The van der Waals surface area contributed by atoms with Crippen molar-refractivity contribution in [2.24, 2.45) is 0 Å². The van der Waals surface area contributed by atoms with Crippen LogP contribution in [0.5, 0.6) is 0 Å². The predicted octanol–water partition coefficient (Wildman–Crippen LogP) is 3.53. The highest BCUT2D eigenvalue weighted by molar-refractivity contribution is 7.15. The van der Waals surface area contributed by atoms with Crippen LogP contribution < -0.4 is 0 Å². The molecule has 3 rings (SSSR count). The van der Waals surface area contributed by atoms with Crippen LogP contribution in [0.15, 0.2) is 30.3 Å². The van der Waals surface area contributed by atoms with E-state index in [0.29, 0.717) is 6.54 Å². The van der Waals surface area contributed by atoms with Crippen molar-refractivity contribution in [3.8, 4) is 10.6 Å². The summed E-state index contributed by atoms with van der Waals surface area (Å²) in [6.45, 7) is 2.81. The molecule has 1 saturated heterocycles. The van der Waals surface area contributed by atoms with Gasteiger partial charge in [0.25, 0.3) is 0 Å². The Morgan fingerprint density at radius 2 is 1.90 bits per heavy atom. The Balaban J connectivity index is 0.00000161. The van der Waals surface area contributed by atoms with Crippen molar-refractivity contribution < 1.29 is 9.90 Å². The summed E-state index contributed by atoms with van der Waals surface area (Å²) in [6.07, 6.45) is 2.40. The summed E-state index contributed by atoms with van der Waals surface area (Å²) in [4.78, 5) is 18.8. The molecule has 6 heteroatoms. The number of rotatable bonds is 4. The number of benzene rings is 1. The van der Waals surface area contributed by atoms with E-state index in [1.807, 2.05) is 30.3 Å². The van der Waals surface area contributed by atoms with E-state index in [0.717, 1.165) is 28.5 Å². The number of likely N-dealkylation sites (tertiary alicyclic amines) is 1. The van der Waals surface area contributed by atoms with Gasteiger partial charge in [-0.1, -0.05) is 30.3 Å². The van der Waals surface area contributed by atoms with E-state index < -0.39 is 5.97 Å². The third-order valence-electron chi connectivity index (χ3n) is 3.49.